The fourth-order valence-electron chi connectivity index (χ4n) is 3.13. The zero-order valence-electron chi connectivity index (χ0n) is 14.1. The highest BCUT2D eigenvalue weighted by molar-refractivity contribution is 9.10. The Morgan fingerprint density at radius 2 is 2.08 bits per heavy atom. The third-order valence-electron chi connectivity index (χ3n) is 4.58. The van der Waals surface area contributed by atoms with E-state index in [1.165, 1.54) is 5.69 Å². The Hall–Kier alpha value is -1.59. The largest absolute Gasteiger partial charge is 0.371 e. The van der Waals surface area contributed by atoms with Gasteiger partial charge in [-0.15, -0.1) is 0 Å². The zero-order valence-corrected chi connectivity index (χ0v) is 16.5. The molecule has 0 atom stereocenters. The number of amides is 1. The quantitative estimate of drug-likeness (QED) is 0.791. The average molecular weight is 423 g/mol. The molecule has 3 rings (SSSR count). The summed E-state index contributed by atoms with van der Waals surface area (Å²) < 4.78 is 0.850. The monoisotopic (exact) mass is 421 g/mol. The summed E-state index contributed by atoms with van der Waals surface area (Å²) in [7, 11) is 0. The van der Waals surface area contributed by atoms with E-state index in [2.05, 4.69) is 43.3 Å². The number of carbonyl (C=O) groups excluding carboxylic acids is 1. The van der Waals surface area contributed by atoms with Crippen LogP contribution in [0.4, 0.5) is 5.69 Å². The van der Waals surface area contributed by atoms with Crippen LogP contribution in [0.15, 0.2) is 41.0 Å². The third kappa shape index (κ3) is 4.73. The summed E-state index contributed by atoms with van der Waals surface area (Å²) in [5.41, 5.74) is 2.79. The normalized spacial score (nSPS) is 15.2. The topological polar surface area (TPSA) is 45.2 Å². The molecule has 1 amide bonds. The molecule has 4 nitrogen and oxygen atoms in total. The molecule has 1 aliphatic rings. The van der Waals surface area contributed by atoms with Gasteiger partial charge in [0.05, 0.1) is 10.6 Å². The summed E-state index contributed by atoms with van der Waals surface area (Å²) >= 11 is 9.50. The van der Waals surface area contributed by atoms with E-state index >= 15 is 0 Å². The molecule has 0 saturated carbocycles. The van der Waals surface area contributed by atoms with Crippen molar-refractivity contribution in [3.05, 3.63) is 57.3 Å². The van der Waals surface area contributed by atoms with E-state index in [1.807, 2.05) is 19.2 Å². The lowest BCUT2D eigenvalue weighted by molar-refractivity contribution is 0.0945. The molecular formula is C19H21BrClN3O. The van der Waals surface area contributed by atoms with Gasteiger partial charge in [0.15, 0.2) is 0 Å². The second-order valence-corrected chi connectivity index (χ2v) is 7.74. The number of nitrogens with zero attached hydrogens (tertiary/aromatic N) is 2. The van der Waals surface area contributed by atoms with Gasteiger partial charge in [0.1, 0.15) is 0 Å². The summed E-state index contributed by atoms with van der Waals surface area (Å²) in [6, 6.07) is 9.50. The Bertz CT molecular complexity index is 760. The molecular weight excluding hydrogens is 402 g/mol. The number of piperidine rings is 1. The zero-order chi connectivity index (χ0) is 17.8. The Balaban J connectivity index is 1.51. The van der Waals surface area contributed by atoms with E-state index in [0.29, 0.717) is 23.0 Å². The van der Waals surface area contributed by atoms with E-state index in [9.17, 15) is 4.79 Å². The number of anilines is 1. The van der Waals surface area contributed by atoms with Crippen molar-refractivity contribution < 1.29 is 4.79 Å². The maximum atomic E-state index is 12.3. The van der Waals surface area contributed by atoms with E-state index in [-0.39, 0.29) is 5.91 Å². The van der Waals surface area contributed by atoms with Crippen LogP contribution in [-0.2, 0) is 0 Å². The number of pyridine rings is 1. The molecule has 0 aliphatic carbocycles. The van der Waals surface area contributed by atoms with Crippen LogP contribution < -0.4 is 10.2 Å². The maximum absolute atomic E-state index is 12.3. The number of hydrogen-bond acceptors (Lipinski definition) is 3. The molecule has 25 heavy (non-hydrogen) atoms. The number of rotatable bonds is 4. The van der Waals surface area contributed by atoms with Crippen molar-refractivity contribution in [2.75, 3.05) is 24.5 Å². The molecule has 1 aliphatic heterocycles. The molecule has 132 valence electrons. The number of aryl methyl sites for hydroxylation is 1. The minimum Gasteiger partial charge on any atom is -0.371 e. The Labute approximate surface area is 161 Å². The number of carbonyl (C=O) groups is 1. The van der Waals surface area contributed by atoms with Gasteiger partial charge in [0, 0.05) is 41.7 Å². The van der Waals surface area contributed by atoms with E-state index in [0.717, 1.165) is 36.1 Å². The van der Waals surface area contributed by atoms with Crippen LogP contribution in [0.1, 0.15) is 28.9 Å². The van der Waals surface area contributed by atoms with Gasteiger partial charge in [-0.25, -0.2) is 0 Å². The molecule has 0 unspecified atom stereocenters. The SMILES string of the molecule is Cc1cc(N2CCC(CNC(=O)c3cc(Br)ccc3Cl)CC2)ccn1. The standard InChI is InChI=1S/C19H21BrClN3O/c1-13-10-16(4-7-22-13)24-8-5-14(6-9-24)12-23-19(25)17-11-15(20)2-3-18(17)21/h2-4,7,10-11,14H,5-6,8-9,12H2,1H3,(H,23,25). The first-order chi connectivity index (χ1) is 12.0. The van der Waals surface area contributed by atoms with Crippen molar-refractivity contribution in [2.24, 2.45) is 5.92 Å². The molecule has 0 radical (unpaired) electrons. The summed E-state index contributed by atoms with van der Waals surface area (Å²) in [6.45, 7) is 4.70. The fraction of sp³-hybridized carbons (Fsp3) is 0.368. The summed E-state index contributed by atoms with van der Waals surface area (Å²) in [4.78, 5) is 19.0. The predicted molar refractivity (Wildman–Crippen MR) is 105 cm³/mol. The van der Waals surface area contributed by atoms with Crippen LogP contribution >= 0.6 is 27.5 Å². The highest BCUT2D eigenvalue weighted by Gasteiger charge is 2.21. The van der Waals surface area contributed by atoms with Crippen LogP contribution in [0, 0.1) is 12.8 Å². The molecule has 1 aromatic heterocycles. The molecule has 1 fully saturated rings. The van der Waals surface area contributed by atoms with Gasteiger partial charge in [0.2, 0.25) is 0 Å². The van der Waals surface area contributed by atoms with Gasteiger partial charge in [-0.2, -0.15) is 0 Å². The third-order valence-corrected chi connectivity index (χ3v) is 5.41. The van der Waals surface area contributed by atoms with Crippen molar-refractivity contribution in [2.45, 2.75) is 19.8 Å². The highest BCUT2D eigenvalue weighted by atomic mass is 79.9. The first-order valence-corrected chi connectivity index (χ1v) is 9.61. The molecule has 2 heterocycles. The molecule has 0 spiro atoms. The van der Waals surface area contributed by atoms with Crippen molar-refractivity contribution in [1.29, 1.82) is 0 Å². The lowest BCUT2D eigenvalue weighted by Crippen LogP contribution is -2.38. The maximum Gasteiger partial charge on any atom is 0.252 e. The van der Waals surface area contributed by atoms with Crippen LogP contribution in [0.5, 0.6) is 0 Å². The lowest BCUT2D eigenvalue weighted by Gasteiger charge is -2.33. The molecule has 2 aromatic rings. The Kier molecular flexibility index (Phi) is 5.97. The van der Waals surface area contributed by atoms with Gasteiger partial charge in [0.25, 0.3) is 5.91 Å². The molecule has 0 bridgehead atoms. The predicted octanol–water partition coefficient (Wildman–Crippen LogP) is 4.45. The smallest absolute Gasteiger partial charge is 0.252 e. The van der Waals surface area contributed by atoms with Crippen molar-refractivity contribution in [3.63, 3.8) is 0 Å². The van der Waals surface area contributed by atoms with Gasteiger partial charge < -0.3 is 10.2 Å². The van der Waals surface area contributed by atoms with Crippen molar-refractivity contribution >= 4 is 39.1 Å². The molecule has 1 saturated heterocycles. The number of hydrogen-bond donors (Lipinski definition) is 1. The molecule has 1 N–H and O–H groups in total. The van der Waals surface area contributed by atoms with Gasteiger partial charge in [-0.1, -0.05) is 27.5 Å². The molecule has 6 heteroatoms. The lowest BCUT2D eigenvalue weighted by atomic mass is 9.96. The van der Waals surface area contributed by atoms with Crippen LogP contribution in [0.25, 0.3) is 0 Å². The first-order valence-electron chi connectivity index (χ1n) is 8.44. The van der Waals surface area contributed by atoms with Crippen LogP contribution in [0.2, 0.25) is 5.02 Å². The van der Waals surface area contributed by atoms with Gasteiger partial charge in [-0.05, 0) is 56.0 Å². The summed E-state index contributed by atoms with van der Waals surface area (Å²) in [5.74, 6) is 0.382. The van der Waals surface area contributed by atoms with E-state index < -0.39 is 0 Å². The number of nitrogens with one attached hydrogen (secondary N) is 1. The van der Waals surface area contributed by atoms with Crippen molar-refractivity contribution in [1.82, 2.24) is 10.3 Å². The number of aromatic nitrogens is 1. The second kappa shape index (κ2) is 8.19. The van der Waals surface area contributed by atoms with Crippen LogP contribution in [-0.4, -0.2) is 30.5 Å². The van der Waals surface area contributed by atoms with Crippen LogP contribution in [0.3, 0.4) is 0 Å². The van der Waals surface area contributed by atoms with Gasteiger partial charge >= 0.3 is 0 Å². The average Bonchev–Trinajstić information content (AvgIpc) is 2.62. The first kappa shape index (κ1) is 18.2. The van der Waals surface area contributed by atoms with Gasteiger partial charge in [-0.3, -0.25) is 9.78 Å². The fourth-order valence-corrected chi connectivity index (χ4v) is 3.69. The Morgan fingerprint density at radius 3 is 2.80 bits per heavy atom. The molecule has 1 aromatic carbocycles. The number of halogens is 2. The Morgan fingerprint density at radius 1 is 1.32 bits per heavy atom. The minimum atomic E-state index is -0.113. The summed E-state index contributed by atoms with van der Waals surface area (Å²) in [6.07, 6.45) is 3.99. The summed E-state index contributed by atoms with van der Waals surface area (Å²) in [5, 5.41) is 3.50. The minimum absolute atomic E-state index is 0.113. The highest BCUT2D eigenvalue weighted by Crippen LogP contribution is 2.24. The van der Waals surface area contributed by atoms with E-state index in [1.54, 1.807) is 12.1 Å². The van der Waals surface area contributed by atoms with E-state index in [4.69, 9.17) is 11.6 Å². The number of benzene rings is 1. The second-order valence-electron chi connectivity index (χ2n) is 6.42. The van der Waals surface area contributed by atoms with Crippen molar-refractivity contribution in [3.8, 4) is 0 Å².